The van der Waals surface area contributed by atoms with Crippen molar-refractivity contribution in [3.63, 3.8) is 0 Å². The summed E-state index contributed by atoms with van der Waals surface area (Å²) in [6.45, 7) is 9.17. The van der Waals surface area contributed by atoms with Crippen molar-refractivity contribution >= 4 is 17.5 Å². The Kier molecular flexibility index (Phi) is 6.68. The number of aryl methyl sites for hydroxylation is 1. The van der Waals surface area contributed by atoms with E-state index in [4.69, 9.17) is 9.47 Å². The van der Waals surface area contributed by atoms with Crippen LogP contribution in [0.3, 0.4) is 0 Å². The van der Waals surface area contributed by atoms with Gasteiger partial charge in [0.05, 0.1) is 25.4 Å². The number of nitrogens with zero attached hydrogens (tertiary/aromatic N) is 2. The highest BCUT2D eigenvalue weighted by atomic mass is 16.5. The zero-order valence-corrected chi connectivity index (χ0v) is 16.2. The van der Waals surface area contributed by atoms with Crippen molar-refractivity contribution in [2.24, 2.45) is 0 Å². The lowest BCUT2D eigenvalue weighted by molar-refractivity contribution is -0.125. The Morgan fingerprint density at radius 1 is 1.22 bits per heavy atom. The molecule has 0 aromatic heterocycles. The molecule has 1 saturated heterocycles. The van der Waals surface area contributed by atoms with Crippen LogP contribution in [0.1, 0.15) is 25.3 Å². The SMILES string of the molecule is Cc1ccc2c(c1)N(C(=O)CCC(=O)NCCN1CCOCC1)C[C@@H](C)O2. The van der Waals surface area contributed by atoms with Gasteiger partial charge in [-0.05, 0) is 31.5 Å². The van der Waals surface area contributed by atoms with E-state index in [1.54, 1.807) is 4.90 Å². The van der Waals surface area contributed by atoms with Crippen LogP contribution in [0.15, 0.2) is 18.2 Å². The Hall–Kier alpha value is -2.12. The summed E-state index contributed by atoms with van der Waals surface area (Å²) in [6, 6.07) is 5.84. The first-order valence-electron chi connectivity index (χ1n) is 9.67. The number of rotatable bonds is 6. The van der Waals surface area contributed by atoms with E-state index in [9.17, 15) is 9.59 Å². The number of ether oxygens (including phenoxy) is 2. The van der Waals surface area contributed by atoms with Gasteiger partial charge in [0.25, 0.3) is 0 Å². The zero-order chi connectivity index (χ0) is 19.2. The number of fused-ring (bicyclic) bond motifs is 1. The van der Waals surface area contributed by atoms with E-state index in [1.807, 2.05) is 32.0 Å². The highest BCUT2D eigenvalue weighted by Gasteiger charge is 2.27. The van der Waals surface area contributed by atoms with Crippen molar-refractivity contribution in [3.05, 3.63) is 23.8 Å². The van der Waals surface area contributed by atoms with Gasteiger partial charge in [0.1, 0.15) is 11.9 Å². The van der Waals surface area contributed by atoms with E-state index in [2.05, 4.69) is 10.2 Å². The Bertz CT molecular complexity index is 673. The molecule has 1 atom stereocenters. The molecule has 1 N–H and O–H groups in total. The van der Waals surface area contributed by atoms with Gasteiger partial charge in [-0.1, -0.05) is 6.07 Å². The molecule has 7 heteroatoms. The number of morpholine rings is 1. The predicted molar refractivity (Wildman–Crippen MR) is 103 cm³/mol. The van der Waals surface area contributed by atoms with E-state index < -0.39 is 0 Å². The third-order valence-corrected chi connectivity index (χ3v) is 4.89. The third kappa shape index (κ3) is 5.43. The summed E-state index contributed by atoms with van der Waals surface area (Å²) in [7, 11) is 0. The van der Waals surface area contributed by atoms with Crippen molar-refractivity contribution in [2.45, 2.75) is 32.8 Å². The molecule has 2 amide bonds. The lowest BCUT2D eigenvalue weighted by atomic mass is 10.1. The minimum absolute atomic E-state index is 0.0414. The predicted octanol–water partition coefficient (Wildman–Crippen LogP) is 1.34. The topological polar surface area (TPSA) is 71.1 Å². The van der Waals surface area contributed by atoms with Crippen LogP contribution < -0.4 is 15.0 Å². The third-order valence-electron chi connectivity index (χ3n) is 4.89. The fraction of sp³-hybridized carbons (Fsp3) is 0.600. The molecule has 7 nitrogen and oxygen atoms in total. The minimum Gasteiger partial charge on any atom is -0.487 e. The van der Waals surface area contributed by atoms with Crippen molar-refractivity contribution in [1.82, 2.24) is 10.2 Å². The second-order valence-corrected chi connectivity index (χ2v) is 7.21. The number of hydrogen-bond acceptors (Lipinski definition) is 5. The van der Waals surface area contributed by atoms with Crippen molar-refractivity contribution < 1.29 is 19.1 Å². The van der Waals surface area contributed by atoms with Gasteiger partial charge in [0.2, 0.25) is 11.8 Å². The summed E-state index contributed by atoms with van der Waals surface area (Å²) >= 11 is 0. The molecule has 0 radical (unpaired) electrons. The molecule has 1 aromatic rings. The smallest absolute Gasteiger partial charge is 0.227 e. The Balaban J connectivity index is 1.46. The molecular formula is C20H29N3O4. The van der Waals surface area contributed by atoms with Gasteiger partial charge >= 0.3 is 0 Å². The van der Waals surface area contributed by atoms with E-state index in [-0.39, 0.29) is 30.8 Å². The molecule has 2 aliphatic heterocycles. The second kappa shape index (κ2) is 9.19. The van der Waals surface area contributed by atoms with Crippen LogP contribution in [0, 0.1) is 6.92 Å². The monoisotopic (exact) mass is 375 g/mol. The second-order valence-electron chi connectivity index (χ2n) is 7.21. The van der Waals surface area contributed by atoms with Crippen molar-refractivity contribution in [1.29, 1.82) is 0 Å². The van der Waals surface area contributed by atoms with Gasteiger partial charge in [0.15, 0.2) is 0 Å². The number of anilines is 1. The summed E-state index contributed by atoms with van der Waals surface area (Å²) in [5.74, 6) is 0.602. The quantitative estimate of drug-likeness (QED) is 0.812. The number of hydrogen-bond donors (Lipinski definition) is 1. The normalized spacial score (nSPS) is 19.9. The number of nitrogens with one attached hydrogen (secondary N) is 1. The lowest BCUT2D eigenvalue weighted by Gasteiger charge is -2.33. The van der Waals surface area contributed by atoms with E-state index >= 15 is 0 Å². The molecule has 0 bridgehead atoms. The van der Waals surface area contributed by atoms with Crippen LogP contribution in [0.25, 0.3) is 0 Å². The molecule has 0 unspecified atom stereocenters. The summed E-state index contributed by atoms with van der Waals surface area (Å²) in [5, 5.41) is 2.91. The summed E-state index contributed by atoms with van der Waals surface area (Å²) in [5.41, 5.74) is 1.87. The van der Waals surface area contributed by atoms with E-state index in [1.165, 1.54) is 0 Å². The van der Waals surface area contributed by atoms with Crippen LogP contribution in [0.4, 0.5) is 5.69 Å². The average Bonchev–Trinajstić information content (AvgIpc) is 2.66. The first-order chi connectivity index (χ1) is 13.0. The number of amides is 2. The van der Waals surface area contributed by atoms with Crippen LogP contribution >= 0.6 is 0 Å². The molecule has 0 saturated carbocycles. The number of benzene rings is 1. The molecule has 148 valence electrons. The van der Waals surface area contributed by atoms with Crippen LogP contribution in [-0.4, -0.2) is 68.8 Å². The molecule has 1 fully saturated rings. The van der Waals surface area contributed by atoms with E-state index in [0.717, 1.165) is 49.8 Å². The molecule has 0 aliphatic carbocycles. The Morgan fingerprint density at radius 3 is 2.78 bits per heavy atom. The first-order valence-corrected chi connectivity index (χ1v) is 9.67. The molecule has 2 heterocycles. The lowest BCUT2D eigenvalue weighted by Crippen LogP contribution is -2.43. The Morgan fingerprint density at radius 2 is 2.00 bits per heavy atom. The van der Waals surface area contributed by atoms with Gasteiger partial charge in [-0.3, -0.25) is 14.5 Å². The molecule has 0 spiro atoms. The van der Waals surface area contributed by atoms with Crippen molar-refractivity contribution in [3.8, 4) is 5.75 Å². The molecule has 2 aliphatic rings. The molecule has 1 aromatic carbocycles. The fourth-order valence-electron chi connectivity index (χ4n) is 3.41. The molecular weight excluding hydrogens is 346 g/mol. The van der Waals surface area contributed by atoms with Gasteiger partial charge in [-0.15, -0.1) is 0 Å². The maximum absolute atomic E-state index is 12.7. The number of carbonyl (C=O) groups is 2. The standard InChI is InChI=1S/C20H29N3O4/c1-15-3-4-18-17(13-15)23(14-16(2)27-18)20(25)6-5-19(24)21-7-8-22-9-11-26-12-10-22/h3-4,13,16H,5-12,14H2,1-2H3,(H,21,24)/t16-/m1/s1. The minimum atomic E-state index is -0.0811. The molecule has 3 rings (SSSR count). The van der Waals surface area contributed by atoms with Gasteiger partial charge < -0.3 is 19.7 Å². The average molecular weight is 375 g/mol. The van der Waals surface area contributed by atoms with Crippen LogP contribution in [-0.2, 0) is 14.3 Å². The fourth-order valence-corrected chi connectivity index (χ4v) is 3.41. The highest BCUT2D eigenvalue weighted by molar-refractivity contribution is 5.97. The number of carbonyl (C=O) groups excluding carboxylic acids is 2. The maximum atomic E-state index is 12.7. The summed E-state index contributed by atoms with van der Waals surface area (Å²) in [6.07, 6.45) is 0.338. The van der Waals surface area contributed by atoms with Gasteiger partial charge in [-0.2, -0.15) is 0 Å². The van der Waals surface area contributed by atoms with Crippen LogP contribution in [0.2, 0.25) is 0 Å². The summed E-state index contributed by atoms with van der Waals surface area (Å²) < 4.78 is 11.1. The van der Waals surface area contributed by atoms with Crippen molar-refractivity contribution in [2.75, 3.05) is 50.8 Å². The maximum Gasteiger partial charge on any atom is 0.227 e. The largest absolute Gasteiger partial charge is 0.487 e. The van der Waals surface area contributed by atoms with E-state index in [0.29, 0.717) is 13.1 Å². The van der Waals surface area contributed by atoms with Gasteiger partial charge in [-0.25, -0.2) is 0 Å². The van der Waals surface area contributed by atoms with Crippen LogP contribution in [0.5, 0.6) is 5.75 Å². The Labute approximate surface area is 160 Å². The first kappa shape index (κ1) is 19.6. The van der Waals surface area contributed by atoms with Gasteiger partial charge in [0, 0.05) is 39.0 Å². The highest BCUT2D eigenvalue weighted by Crippen LogP contribution is 2.34. The zero-order valence-electron chi connectivity index (χ0n) is 16.2. The molecule has 27 heavy (non-hydrogen) atoms. The summed E-state index contributed by atoms with van der Waals surface area (Å²) in [4.78, 5) is 28.8.